The second kappa shape index (κ2) is 9.32. The van der Waals surface area contributed by atoms with Crippen molar-refractivity contribution in [2.45, 2.75) is 37.8 Å². The van der Waals surface area contributed by atoms with Crippen LogP contribution in [-0.4, -0.2) is 70.0 Å². The Morgan fingerprint density at radius 2 is 1.70 bits per heavy atom. The number of methoxy groups -OCH3 is 2. The Morgan fingerprint density at radius 3 is 2.33 bits per heavy atom. The van der Waals surface area contributed by atoms with Gasteiger partial charge >= 0.3 is 0 Å². The fourth-order valence-electron chi connectivity index (χ4n) is 4.76. The molecule has 0 saturated carbocycles. The van der Waals surface area contributed by atoms with E-state index in [1.54, 1.807) is 41.6 Å². The lowest BCUT2D eigenvalue weighted by Crippen LogP contribution is -2.48. The molecular formula is C24H31N3O5S. The molecule has 9 heteroatoms. The van der Waals surface area contributed by atoms with Gasteiger partial charge in [-0.25, -0.2) is 8.42 Å². The molecule has 8 nitrogen and oxygen atoms in total. The highest BCUT2D eigenvalue weighted by Gasteiger charge is 2.33. The summed E-state index contributed by atoms with van der Waals surface area (Å²) in [4.78, 5) is 16.2. The molecule has 0 spiro atoms. The number of carbonyl (C=O) groups is 1. The molecule has 178 valence electrons. The summed E-state index contributed by atoms with van der Waals surface area (Å²) in [6, 6.07) is 11.0. The number of ether oxygens (including phenoxy) is 2. The van der Waals surface area contributed by atoms with E-state index in [0.29, 0.717) is 55.5 Å². The fraction of sp³-hybridized carbons (Fsp3) is 0.458. The number of piperazine rings is 1. The standard InChI is InChI=1S/C24H31N3O5S/c1-17-13-20-15-21(6-7-22(20)27(17)18(2)28)33(29,30)26-11-9-25(10-12-26)16-19-5-8-23(31-3)24(14-19)32-4/h5-8,14-15,17H,9-13,16H2,1-4H3. The molecule has 0 aliphatic carbocycles. The minimum atomic E-state index is -3.59. The molecular weight excluding hydrogens is 442 g/mol. The van der Waals surface area contributed by atoms with Gasteiger partial charge in [-0.2, -0.15) is 4.31 Å². The normalized spacial score (nSPS) is 19.4. The van der Waals surface area contributed by atoms with Crippen LogP contribution in [0.15, 0.2) is 41.3 Å². The Kier molecular flexibility index (Phi) is 6.65. The van der Waals surface area contributed by atoms with Crippen molar-refractivity contribution in [2.75, 3.05) is 45.3 Å². The zero-order valence-corrected chi connectivity index (χ0v) is 20.4. The lowest BCUT2D eigenvalue weighted by atomic mass is 10.1. The van der Waals surface area contributed by atoms with E-state index in [1.165, 1.54) is 6.92 Å². The van der Waals surface area contributed by atoms with E-state index >= 15 is 0 Å². The van der Waals surface area contributed by atoms with Gasteiger partial charge in [-0.3, -0.25) is 9.69 Å². The number of hydrogen-bond acceptors (Lipinski definition) is 6. The maximum atomic E-state index is 13.3. The lowest BCUT2D eigenvalue weighted by molar-refractivity contribution is -0.116. The van der Waals surface area contributed by atoms with Crippen LogP contribution < -0.4 is 14.4 Å². The second-order valence-electron chi connectivity index (χ2n) is 8.60. The number of anilines is 1. The maximum absolute atomic E-state index is 13.3. The molecule has 1 amide bonds. The molecule has 2 aliphatic heterocycles. The minimum absolute atomic E-state index is 0.0255. The van der Waals surface area contributed by atoms with E-state index in [0.717, 1.165) is 16.8 Å². The minimum Gasteiger partial charge on any atom is -0.493 e. The predicted octanol–water partition coefficient (Wildman–Crippen LogP) is 2.51. The van der Waals surface area contributed by atoms with Crippen molar-refractivity contribution in [1.29, 1.82) is 0 Å². The van der Waals surface area contributed by atoms with Crippen molar-refractivity contribution in [3.05, 3.63) is 47.5 Å². The average Bonchev–Trinajstić information content (AvgIpc) is 3.14. The first-order valence-electron chi connectivity index (χ1n) is 11.1. The topological polar surface area (TPSA) is 79.4 Å². The van der Waals surface area contributed by atoms with Crippen LogP contribution in [0.5, 0.6) is 11.5 Å². The van der Waals surface area contributed by atoms with Crippen LogP contribution in [-0.2, 0) is 27.8 Å². The molecule has 1 saturated heterocycles. The van der Waals surface area contributed by atoms with E-state index in [1.807, 2.05) is 25.1 Å². The fourth-order valence-corrected chi connectivity index (χ4v) is 6.24. The highest BCUT2D eigenvalue weighted by atomic mass is 32.2. The third kappa shape index (κ3) is 4.58. The molecule has 0 N–H and O–H groups in total. The summed E-state index contributed by atoms with van der Waals surface area (Å²) in [5.41, 5.74) is 2.81. The molecule has 4 rings (SSSR count). The Labute approximate surface area is 195 Å². The number of nitrogens with zero attached hydrogens (tertiary/aromatic N) is 3. The van der Waals surface area contributed by atoms with Crippen molar-refractivity contribution in [3.8, 4) is 11.5 Å². The number of benzene rings is 2. The Bertz CT molecular complexity index is 1140. The molecule has 2 aliphatic rings. The van der Waals surface area contributed by atoms with Gasteiger partial charge in [0.2, 0.25) is 15.9 Å². The summed E-state index contributed by atoms with van der Waals surface area (Å²) in [5, 5.41) is 0. The van der Waals surface area contributed by atoms with E-state index in [-0.39, 0.29) is 11.9 Å². The van der Waals surface area contributed by atoms with Crippen LogP contribution in [0.2, 0.25) is 0 Å². The third-order valence-electron chi connectivity index (χ3n) is 6.43. The molecule has 2 aromatic rings. The van der Waals surface area contributed by atoms with Crippen LogP contribution in [0.1, 0.15) is 25.0 Å². The van der Waals surface area contributed by atoms with Crippen LogP contribution in [0.4, 0.5) is 5.69 Å². The molecule has 0 bridgehead atoms. The second-order valence-corrected chi connectivity index (χ2v) is 10.5. The number of amides is 1. The zero-order valence-electron chi connectivity index (χ0n) is 19.6. The number of hydrogen-bond donors (Lipinski definition) is 0. The first kappa shape index (κ1) is 23.5. The maximum Gasteiger partial charge on any atom is 0.243 e. The van der Waals surface area contributed by atoms with Gasteiger partial charge in [-0.15, -0.1) is 0 Å². The van der Waals surface area contributed by atoms with E-state index in [4.69, 9.17) is 9.47 Å². The summed E-state index contributed by atoms with van der Waals surface area (Å²) >= 11 is 0. The predicted molar refractivity (Wildman–Crippen MR) is 126 cm³/mol. The smallest absolute Gasteiger partial charge is 0.243 e. The molecule has 1 atom stereocenters. The van der Waals surface area contributed by atoms with E-state index < -0.39 is 10.0 Å². The zero-order chi connectivity index (χ0) is 23.8. The summed E-state index contributed by atoms with van der Waals surface area (Å²) in [7, 11) is -0.365. The molecule has 2 heterocycles. The van der Waals surface area contributed by atoms with Crippen molar-refractivity contribution < 1.29 is 22.7 Å². The van der Waals surface area contributed by atoms with Crippen LogP contribution in [0, 0.1) is 0 Å². The van der Waals surface area contributed by atoms with Crippen LogP contribution >= 0.6 is 0 Å². The number of rotatable bonds is 6. The summed E-state index contributed by atoms with van der Waals surface area (Å²) in [6.45, 7) is 6.39. The molecule has 1 unspecified atom stereocenters. The number of fused-ring (bicyclic) bond motifs is 1. The van der Waals surface area contributed by atoms with Crippen LogP contribution in [0.25, 0.3) is 0 Å². The Morgan fingerprint density at radius 1 is 1.00 bits per heavy atom. The molecule has 1 fully saturated rings. The Hall–Kier alpha value is -2.62. The highest BCUT2D eigenvalue weighted by Crippen LogP contribution is 2.35. The molecule has 0 radical (unpaired) electrons. The largest absolute Gasteiger partial charge is 0.493 e. The quantitative estimate of drug-likeness (QED) is 0.642. The summed E-state index contributed by atoms with van der Waals surface area (Å²) in [5.74, 6) is 1.35. The van der Waals surface area contributed by atoms with Gasteiger partial charge in [0, 0.05) is 51.4 Å². The number of carbonyl (C=O) groups excluding carboxylic acids is 1. The first-order valence-corrected chi connectivity index (χ1v) is 12.5. The van der Waals surface area contributed by atoms with Gasteiger partial charge in [0.05, 0.1) is 19.1 Å². The van der Waals surface area contributed by atoms with Crippen molar-refractivity contribution >= 4 is 21.6 Å². The first-order chi connectivity index (χ1) is 15.7. The van der Waals surface area contributed by atoms with Gasteiger partial charge in [-0.05, 0) is 54.8 Å². The van der Waals surface area contributed by atoms with Crippen molar-refractivity contribution in [2.24, 2.45) is 0 Å². The van der Waals surface area contributed by atoms with Gasteiger partial charge in [0.15, 0.2) is 11.5 Å². The molecule has 33 heavy (non-hydrogen) atoms. The van der Waals surface area contributed by atoms with Gasteiger partial charge in [0.1, 0.15) is 0 Å². The van der Waals surface area contributed by atoms with E-state index in [2.05, 4.69) is 4.90 Å². The highest BCUT2D eigenvalue weighted by molar-refractivity contribution is 7.89. The SMILES string of the molecule is COc1ccc(CN2CCN(S(=O)(=O)c3ccc4c(c3)CC(C)N4C(C)=O)CC2)cc1OC. The number of sulfonamides is 1. The van der Waals surface area contributed by atoms with Gasteiger partial charge < -0.3 is 14.4 Å². The Balaban J connectivity index is 1.43. The van der Waals surface area contributed by atoms with Crippen LogP contribution in [0.3, 0.4) is 0 Å². The average molecular weight is 474 g/mol. The van der Waals surface area contributed by atoms with Crippen molar-refractivity contribution in [3.63, 3.8) is 0 Å². The van der Waals surface area contributed by atoms with E-state index in [9.17, 15) is 13.2 Å². The summed E-state index contributed by atoms with van der Waals surface area (Å²) in [6.07, 6.45) is 0.664. The van der Waals surface area contributed by atoms with Gasteiger partial charge in [0.25, 0.3) is 0 Å². The third-order valence-corrected chi connectivity index (χ3v) is 8.32. The summed E-state index contributed by atoms with van der Waals surface area (Å²) < 4.78 is 38.8. The lowest BCUT2D eigenvalue weighted by Gasteiger charge is -2.34. The monoisotopic (exact) mass is 473 g/mol. The molecule has 2 aromatic carbocycles. The molecule has 0 aromatic heterocycles. The van der Waals surface area contributed by atoms with Gasteiger partial charge in [-0.1, -0.05) is 6.07 Å². The van der Waals surface area contributed by atoms with Crippen molar-refractivity contribution in [1.82, 2.24) is 9.21 Å².